The van der Waals surface area contributed by atoms with Crippen LogP contribution in [0.4, 0.5) is 0 Å². The molecule has 9 heavy (non-hydrogen) atoms. The third-order valence-corrected chi connectivity index (χ3v) is 0.990. The lowest BCUT2D eigenvalue weighted by Crippen LogP contribution is -2.12. The lowest BCUT2D eigenvalue weighted by atomic mass is 10.2. The minimum absolute atomic E-state index is 0.0233. The van der Waals surface area contributed by atoms with Gasteiger partial charge in [-0.25, -0.2) is 0 Å². The molecule has 0 aromatic heterocycles. The number of esters is 1. The van der Waals surface area contributed by atoms with Gasteiger partial charge in [0.05, 0.1) is 5.92 Å². The van der Waals surface area contributed by atoms with Gasteiger partial charge in [0.1, 0.15) is 6.61 Å². The van der Waals surface area contributed by atoms with Crippen molar-refractivity contribution < 1.29 is 9.53 Å². The van der Waals surface area contributed by atoms with Crippen molar-refractivity contribution in [3.05, 3.63) is 0 Å². The van der Waals surface area contributed by atoms with Gasteiger partial charge in [-0.05, 0) is 0 Å². The van der Waals surface area contributed by atoms with Crippen LogP contribution in [-0.4, -0.2) is 18.3 Å². The maximum Gasteiger partial charge on any atom is 0.308 e. The van der Waals surface area contributed by atoms with Crippen molar-refractivity contribution in [3.8, 4) is 0 Å². The zero-order chi connectivity index (χ0) is 7.28. The molecule has 0 saturated heterocycles. The van der Waals surface area contributed by atoms with Gasteiger partial charge < -0.3 is 4.74 Å². The average molecular weight is 148 g/mol. The van der Waals surface area contributed by atoms with Gasteiger partial charge in [-0.1, -0.05) is 13.8 Å². The highest BCUT2D eigenvalue weighted by atomic mass is 32.1. The van der Waals surface area contributed by atoms with Crippen LogP contribution in [0.3, 0.4) is 0 Å². The summed E-state index contributed by atoms with van der Waals surface area (Å²) >= 11 is 3.89. The average Bonchev–Trinajstić information content (AvgIpc) is 1.82. The van der Waals surface area contributed by atoms with Crippen molar-refractivity contribution in [1.29, 1.82) is 0 Å². The molecule has 0 aliphatic heterocycles. The molecule has 0 aromatic carbocycles. The zero-order valence-electron chi connectivity index (χ0n) is 5.76. The molecule has 54 valence electrons. The summed E-state index contributed by atoms with van der Waals surface area (Å²) in [5.74, 6) is 0.423. The monoisotopic (exact) mass is 148 g/mol. The van der Waals surface area contributed by atoms with Gasteiger partial charge in [0, 0.05) is 5.75 Å². The Hall–Kier alpha value is -0.180. The third kappa shape index (κ3) is 4.33. The van der Waals surface area contributed by atoms with Gasteiger partial charge in [0.2, 0.25) is 0 Å². The minimum Gasteiger partial charge on any atom is -0.465 e. The Morgan fingerprint density at radius 2 is 2.22 bits per heavy atom. The maximum absolute atomic E-state index is 10.6. The molecule has 0 bridgehead atoms. The Morgan fingerprint density at radius 3 is 2.56 bits per heavy atom. The van der Waals surface area contributed by atoms with E-state index in [1.54, 1.807) is 13.8 Å². The quantitative estimate of drug-likeness (QED) is 0.479. The van der Waals surface area contributed by atoms with Crippen LogP contribution in [0.5, 0.6) is 0 Å². The number of rotatable bonds is 3. The molecule has 2 nitrogen and oxygen atoms in total. The molecule has 0 heterocycles. The van der Waals surface area contributed by atoms with Crippen molar-refractivity contribution in [1.82, 2.24) is 0 Å². The van der Waals surface area contributed by atoms with E-state index in [1.807, 2.05) is 0 Å². The first-order valence-corrected chi connectivity index (χ1v) is 3.59. The molecule has 0 aromatic rings. The topological polar surface area (TPSA) is 26.3 Å². The van der Waals surface area contributed by atoms with E-state index in [0.29, 0.717) is 12.4 Å². The summed E-state index contributed by atoms with van der Waals surface area (Å²) < 4.78 is 4.74. The molecule has 0 amide bonds. The largest absolute Gasteiger partial charge is 0.465 e. The molecule has 0 saturated carbocycles. The summed E-state index contributed by atoms with van der Waals surface area (Å²) in [6.07, 6.45) is 0. The molecule has 0 N–H and O–H groups in total. The Bertz CT molecular complexity index is 91.1. The van der Waals surface area contributed by atoms with E-state index in [0.717, 1.165) is 0 Å². The normalized spacial score (nSPS) is 9.78. The molecule has 3 heteroatoms. The number of hydrogen-bond donors (Lipinski definition) is 1. The fraction of sp³-hybridized carbons (Fsp3) is 0.833. The highest BCUT2D eigenvalue weighted by Gasteiger charge is 2.05. The van der Waals surface area contributed by atoms with Crippen LogP contribution in [0.2, 0.25) is 0 Å². The van der Waals surface area contributed by atoms with Gasteiger partial charge in [0.15, 0.2) is 0 Å². The Labute approximate surface area is 61.0 Å². The van der Waals surface area contributed by atoms with Crippen LogP contribution in [0.15, 0.2) is 0 Å². The van der Waals surface area contributed by atoms with Crippen LogP contribution in [0.1, 0.15) is 13.8 Å². The van der Waals surface area contributed by atoms with Gasteiger partial charge >= 0.3 is 5.97 Å². The first-order valence-electron chi connectivity index (χ1n) is 2.96. The van der Waals surface area contributed by atoms with E-state index in [2.05, 4.69) is 12.6 Å². The SMILES string of the molecule is CC(C)C(=O)OCCS. The Balaban J connectivity index is 3.28. The molecule has 0 aliphatic rings. The molecular weight excluding hydrogens is 136 g/mol. The molecule has 0 rings (SSSR count). The van der Waals surface area contributed by atoms with Gasteiger partial charge in [-0.2, -0.15) is 12.6 Å². The van der Waals surface area contributed by atoms with E-state index < -0.39 is 0 Å². The smallest absolute Gasteiger partial charge is 0.308 e. The molecule has 0 fully saturated rings. The number of carbonyl (C=O) groups excluding carboxylic acids is 1. The van der Waals surface area contributed by atoms with E-state index in [1.165, 1.54) is 0 Å². The van der Waals surface area contributed by atoms with Crippen molar-refractivity contribution in [2.24, 2.45) is 5.92 Å². The highest BCUT2D eigenvalue weighted by molar-refractivity contribution is 7.80. The lowest BCUT2D eigenvalue weighted by molar-refractivity contribution is -0.146. The molecular formula is C6H12O2S. The standard InChI is InChI=1S/C6H12O2S/c1-5(2)6(7)8-3-4-9/h5,9H,3-4H2,1-2H3. The third-order valence-electron chi connectivity index (χ3n) is 0.807. The van der Waals surface area contributed by atoms with E-state index in [9.17, 15) is 4.79 Å². The predicted octanol–water partition coefficient (Wildman–Crippen LogP) is 1.12. The van der Waals surface area contributed by atoms with E-state index in [4.69, 9.17) is 4.74 Å². The summed E-state index contributed by atoms with van der Waals surface area (Å²) in [5.41, 5.74) is 0. The van der Waals surface area contributed by atoms with Gasteiger partial charge in [-0.3, -0.25) is 4.79 Å². The summed E-state index contributed by atoms with van der Waals surface area (Å²) in [6, 6.07) is 0. The summed E-state index contributed by atoms with van der Waals surface area (Å²) in [7, 11) is 0. The summed E-state index contributed by atoms with van der Waals surface area (Å²) in [6.45, 7) is 4.03. The molecule has 0 atom stereocenters. The predicted molar refractivity (Wildman–Crippen MR) is 39.7 cm³/mol. The highest BCUT2D eigenvalue weighted by Crippen LogP contribution is 1.94. The van der Waals surface area contributed by atoms with Crippen LogP contribution in [0.25, 0.3) is 0 Å². The van der Waals surface area contributed by atoms with Crippen LogP contribution in [0, 0.1) is 5.92 Å². The zero-order valence-corrected chi connectivity index (χ0v) is 6.65. The second-order valence-electron chi connectivity index (χ2n) is 2.05. The number of hydrogen-bond acceptors (Lipinski definition) is 3. The second kappa shape index (κ2) is 4.68. The van der Waals surface area contributed by atoms with Gasteiger partial charge in [0.25, 0.3) is 0 Å². The van der Waals surface area contributed by atoms with Crippen molar-refractivity contribution in [2.75, 3.05) is 12.4 Å². The van der Waals surface area contributed by atoms with Crippen LogP contribution in [-0.2, 0) is 9.53 Å². The first-order chi connectivity index (χ1) is 4.18. The summed E-state index contributed by atoms with van der Waals surface area (Å²) in [5, 5.41) is 0. The first kappa shape index (κ1) is 8.82. The molecule has 0 aliphatic carbocycles. The fourth-order valence-corrected chi connectivity index (χ4v) is 0.404. The number of ether oxygens (including phenoxy) is 1. The van der Waals surface area contributed by atoms with E-state index >= 15 is 0 Å². The lowest BCUT2D eigenvalue weighted by Gasteiger charge is -2.03. The van der Waals surface area contributed by atoms with E-state index in [-0.39, 0.29) is 11.9 Å². The Morgan fingerprint density at radius 1 is 1.67 bits per heavy atom. The molecule has 0 unspecified atom stereocenters. The molecule has 0 radical (unpaired) electrons. The fourth-order valence-electron chi connectivity index (χ4n) is 0.313. The minimum atomic E-state index is -0.149. The van der Waals surface area contributed by atoms with Crippen molar-refractivity contribution in [2.45, 2.75) is 13.8 Å². The van der Waals surface area contributed by atoms with Crippen molar-refractivity contribution >= 4 is 18.6 Å². The number of carbonyl (C=O) groups is 1. The van der Waals surface area contributed by atoms with Crippen LogP contribution < -0.4 is 0 Å². The second-order valence-corrected chi connectivity index (χ2v) is 2.49. The summed E-state index contributed by atoms with van der Waals surface area (Å²) in [4.78, 5) is 10.6. The molecule has 0 spiro atoms. The maximum atomic E-state index is 10.6. The van der Waals surface area contributed by atoms with Gasteiger partial charge in [-0.15, -0.1) is 0 Å². The number of thiol groups is 1. The Kier molecular flexibility index (Phi) is 4.58. The van der Waals surface area contributed by atoms with Crippen molar-refractivity contribution in [3.63, 3.8) is 0 Å². The van der Waals surface area contributed by atoms with Crippen LogP contribution >= 0.6 is 12.6 Å².